The second-order valence-electron chi connectivity index (χ2n) is 7.00. The molecule has 0 atom stereocenters. The number of anilines is 3. The van der Waals surface area contributed by atoms with Crippen LogP contribution in [0.25, 0.3) is 11.4 Å². The molecule has 0 spiro atoms. The van der Waals surface area contributed by atoms with Crippen LogP contribution in [0.2, 0.25) is 0 Å². The summed E-state index contributed by atoms with van der Waals surface area (Å²) in [6, 6.07) is 10.5. The van der Waals surface area contributed by atoms with Crippen molar-refractivity contribution in [3.63, 3.8) is 0 Å². The first-order chi connectivity index (χ1) is 13.7. The minimum absolute atomic E-state index is 0.344. The number of aromatic nitrogens is 4. The minimum atomic E-state index is -0.344. The molecule has 1 aliphatic rings. The molecule has 0 saturated heterocycles. The van der Waals surface area contributed by atoms with Crippen LogP contribution in [0.4, 0.5) is 22.0 Å². The molecule has 0 amide bonds. The van der Waals surface area contributed by atoms with E-state index < -0.39 is 0 Å². The molecule has 144 valence electrons. The van der Waals surface area contributed by atoms with E-state index in [-0.39, 0.29) is 5.82 Å². The van der Waals surface area contributed by atoms with Gasteiger partial charge in [0.25, 0.3) is 0 Å². The van der Waals surface area contributed by atoms with Crippen LogP contribution in [-0.4, -0.2) is 33.0 Å². The van der Waals surface area contributed by atoms with Crippen LogP contribution in [-0.2, 0) is 0 Å². The van der Waals surface area contributed by atoms with Gasteiger partial charge >= 0.3 is 0 Å². The normalized spacial score (nSPS) is 14.6. The lowest BCUT2D eigenvalue weighted by atomic mass is 9.96. The monoisotopic (exact) mass is 378 g/mol. The number of nitrogens with zero attached hydrogens (tertiary/aromatic N) is 5. The van der Waals surface area contributed by atoms with Gasteiger partial charge in [-0.05, 0) is 37.1 Å². The topological polar surface area (TPSA) is 66.8 Å². The fraction of sp³-hybridized carbons (Fsp3) is 0.333. The maximum Gasteiger partial charge on any atom is 0.224 e. The summed E-state index contributed by atoms with van der Waals surface area (Å²) in [6.45, 7) is 0. The summed E-state index contributed by atoms with van der Waals surface area (Å²) in [7, 11) is 1.88. The standard InChI is InChI=1S/C21H23FN6/c1-28(18-11-13-23-20(26-18)16-9-5-6-10-17(16)22)19-12-14-24-21(27-19)25-15-7-3-2-4-8-15/h5-6,9-15H,2-4,7-8H2,1H3,(H,24,25,27). The molecule has 0 bridgehead atoms. The number of nitrogens with one attached hydrogen (secondary N) is 1. The van der Waals surface area contributed by atoms with E-state index in [1.54, 1.807) is 36.7 Å². The lowest BCUT2D eigenvalue weighted by Crippen LogP contribution is -2.24. The van der Waals surface area contributed by atoms with Crippen LogP contribution in [0, 0.1) is 5.82 Å². The van der Waals surface area contributed by atoms with Gasteiger partial charge < -0.3 is 10.2 Å². The average Bonchev–Trinajstić information content (AvgIpc) is 2.74. The Kier molecular flexibility index (Phi) is 5.41. The van der Waals surface area contributed by atoms with Gasteiger partial charge in [0.05, 0.1) is 5.56 Å². The summed E-state index contributed by atoms with van der Waals surface area (Å²) < 4.78 is 14.1. The van der Waals surface area contributed by atoms with Gasteiger partial charge in [-0.15, -0.1) is 0 Å². The van der Waals surface area contributed by atoms with Gasteiger partial charge in [-0.1, -0.05) is 31.4 Å². The first-order valence-corrected chi connectivity index (χ1v) is 9.62. The van der Waals surface area contributed by atoms with Gasteiger partial charge in [-0.3, -0.25) is 0 Å². The second kappa shape index (κ2) is 8.29. The van der Waals surface area contributed by atoms with Crippen molar-refractivity contribution in [2.24, 2.45) is 0 Å². The zero-order chi connectivity index (χ0) is 19.3. The zero-order valence-electron chi connectivity index (χ0n) is 15.8. The van der Waals surface area contributed by atoms with Crippen molar-refractivity contribution in [2.75, 3.05) is 17.3 Å². The predicted molar refractivity (Wildman–Crippen MR) is 108 cm³/mol. The molecule has 0 radical (unpaired) electrons. The molecule has 0 aliphatic heterocycles. The van der Waals surface area contributed by atoms with Crippen molar-refractivity contribution in [1.29, 1.82) is 0 Å². The molecule has 1 N–H and O–H groups in total. The molecule has 1 saturated carbocycles. The van der Waals surface area contributed by atoms with E-state index in [2.05, 4.69) is 25.3 Å². The van der Waals surface area contributed by atoms with Gasteiger partial charge in [-0.2, -0.15) is 4.98 Å². The van der Waals surface area contributed by atoms with E-state index in [9.17, 15) is 4.39 Å². The predicted octanol–water partition coefficient (Wildman–Crippen LogP) is 4.59. The second-order valence-corrected chi connectivity index (χ2v) is 7.00. The zero-order valence-corrected chi connectivity index (χ0v) is 15.8. The number of rotatable bonds is 5. The Bertz CT molecular complexity index is 941. The first kappa shape index (κ1) is 18.3. The summed E-state index contributed by atoms with van der Waals surface area (Å²) in [6.07, 6.45) is 9.47. The van der Waals surface area contributed by atoms with Crippen LogP contribution in [0.1, 0.15) is 32.1 Å². The fourth-order valence-corrected chi connectivity index (χ4v) is 3.46. The molecule has 1 aromatic carbocycles. The highest BCUT2D eigenvalue weighted by Gasteiger charge is 2.16. The lowest BCUT2D eigenvalue weighted by molar-refractivity contribution is 0.461. The van der Waals surface area contributed by atoms with Crippen LogP contribution in [0.5, 0.6) is 0 Å². The van der Waals surface area contributed by atoms with Crippen LogP contribution < -0.4 is 10.2 Å². The smallest absolute Gasteiger partial charge is 0.224 e. The maximum absolute atomic E-state index is 14.1. The highest BCUT2D eigenvalue weighted by Crippen LogP contribution is 2.25. The van der Waals surface area contributed by atoms with Gasteiger partial charge in [-0.25, -0.2) is 19.3 Å². The van der Waals surface area contributed by atoms with Crippen molar-refractivity contribution in [3.05, 3.63) is 54.6 Å². The number of halogens is 1. The molecule has 0 unspecified atom stereocenters. The molecule has 2 heterocycles. The third kappa shape index (κ3) is 4.08. The van der Waals surface area contributed by atoms with Crippen LogP contribution in [0.3, 0.4) is 0 Å². The summed E-state index contributed by atoms with van der Waals surface area (Å²) >= 11 is 0. The summed E-state index contributed by atoms with van der Waals surface area (Å²) in [5.74, 6) is 1.97. The summed E-state index contributed by atoms with van der Waals surface area (Å²) in [5, 5.41) is 3.44. The molecule has 2 aromatic heterocycles. The Morgan fingerprint density at radius 2 is 1.64 bits per heavy atom. The third-order valence-electron chi connectivity index (χ3n) is 5.02. The van der Waals surface area contributed by atoms with E-state index in [0.29, 0.717) is 35.0 Å². The lowest BCUT2D eigenvalue weighted by Gasteiger charge is -2.23. The number of benzene rings is 1. The van der Waals surface area contributed by atoms with E-state index in [1.165, 1.54) is 25.3 Å². The Morgan fingerprint density at radius 1 is 0.929 bits per heavy atom. The summed E-state index contributed by atoms with van der Waals surface area (Å²) in [5.41, 5.74) is 0.375. The fourth-order valence-electron chi connectivity index (χ4n) is 3.46. The van der Waals surface area contributed by atoms with Crippen LogP contribution >= 0.6 is 0 Å². The van der Waals surface area contributed by atoms with Gasteiger partial charge in [0, 0.05) is 25.5 Å². The third-order valence-corrected chi connectivity index (χ3v) is 5.02. The van der Waals surface area contributed by atoms with Gasteiger partial charge in [0.1, 0.15) is 17.5 Å². The Morgan fingerprint density at radius 3 is 2.43 bits per heavy atom. The van der Waals surface area contributed by atoms with Crippen molar-refractivity contribution >= 4 is 17.6 Å². The molecule has 7 heteroatoms. The van der Waals surface area contributed by atoms with Crippen molar-refractivity contribution in [1.82, 2.24) is 19.9 Å². The first-order valence-electron chi connectivity index (χ1n) is 9.62. The minimum Gasteiger partial charge on any atom is -0.351 e. The van der Waals surface area contributed by atoms with Crippen molar-refractivity contribution in [3.8, 4) is 11.4 Å². The highest BCUT2D eigenvalue weighted by atomic mass is 19.1. The average molecular weight is 378 g/mol. The van der Waals surface area contributed by atoms with Crippen molar-refractivity contribution in [2.45, 2.75) is 38.1 Å². The van der Waals surface area contributed by atoms with Crippen LogP contribution in [0.15, 0.2) is 48.8 Å². The summed E-state index contributed by atoms with van der Waals surface area (Å²) in [4.78, 5) is 19.6. The Hall–Kier alpha value is -3.09. The molecule has 3 aromatic rings. The quantitative estimate of drug-likeness (QED) is 0.701. The molecular weight excluding hydrogens is 355 g/mol. The molecule has 6 nitrogen and oxygen atoms in total. The highest BCUT2D eigenvalue weighted by molar-refractivity contribution is 5.61. The molecule has 1 fully saturated rings. The van der Waals surface area contributed by atoms with E-state index in [4.69, 9.17) is 0 Å². The Labute approximate surface area is 163 Å². The largest absolute Gasteiger partial charge is 0.351 e. The molecule has 1 aliphatic carbocycles. The molecular formula is C21H23FN6. The van der Waals surface area contributed by atoms with Gasteiger partial charge in [0.2, 0.25) is 5.95 Å². The van der Waals surface area contributed by atoms with E-state index >= 15 is 0 Å². The number of hydrogen-bond acceptors (Lipinski definition) is 6. The van der Waals surface area contributed by atoms with E-state index in [0.717, 1.165) is 12.8 Å². The van der Waals surface area contributed by atoms with Crippen molar-refractivity contribution < 1.29 is 4.39 Å². The van der Waals surface area contributed by atoms with E-state index in [1.807, 2.05) is 18.0 Å². The maximum atomic E-state index is 14.1. The Balaban J connectivity index is 1.56. The SMILES string of the molecule is CN(c1ccnc(NC2CCCCC2)n1)c1ccnc(-c2ccccc2F)n1. The number of hydrogen-bond donors (Lipinski definition) is 1. The molecule has 4 rings (SSSR count). The van der Waals surface area contributed by atoms with Gasteiger partial charge in [0.15, 0.2) is 5.82 Å². The molecule has 28 heavy (non-hydrogen) atoms.